The highest BCUT2D eigenvalue weighted by Gasteiger charge is 2.37. The summed E-state index contributed by atoms with van der Waals surface area (Å²) in [5, 5.41) is 3.41. The Balaban J connectivity index is 2.18. The van der Waals surface area contributed by atoms with Gasteiger partial charge in [-0.15, -0.1) is 0 Å². The van der Waals surface area contributed by atoms with E-state index >= 15 is 0 Å². The van der Waals surface area contributed by atoms with Gasteiger partial charge in [0.1, 0.15) is 12.1 Å². The zero-order valence-electron chi connectivity index (χ0n) is 8.83. The number of nitrogens with zero attached hydrogens (tertiary/aromatic N) is 2. The number of anilines is 1. The van der Waals surface area contributed by atoms with Gasteiger partial charge in [-0.2, -0.15) is 0 Å². The van der Waals surface area contributed by atoms with Crippen molar-refractivity contribution in [3.63, 3.8) is 0 Å². The van der Waals surface area contributed by atoms with Gasteiger partial charge in [0.2, 0.25) is 0 Å². The van der Waals surface area contributed by atoms with E-state index in [1.165, 1.54) is 6.33 Å². The van der Waals surface area contributed by atoms with Crippen LogP contribution in [0.5, 0.6) is 0 Å². The van der Waals surface area contributed by atoms with Gasteiger partial charge in [-0.3, -0.25) is 0 Å². The Labute approximate surface area is 97.6 Å². The van der Waals surface area contributed by atoms with Crippen LogP contribution in [0, 0.1) is 0 Å². The van der Waals surface area contributed by atoms with Crippen LogP contribution in [-0.4, -0.2) is 28.2 Å². The zero-order valence-corrected chi connectivity index (χ0v) is 10.4. The average molecular weight is 272 g/mol. The van der Waals surface area contributed by atoms with Crippen LogP contribution in [0.25, 0.3) is 0 Å². The molecule has 1 aliphatic rings. The van der Waals surface area contributed by atoms with Crippen molar-refractivity contribution in [1.29, 1.82) is 0 Å². The van der Waals surface area contributed by atoms with Gasteiger partial charge in [-0.1, -0.05) is 0 Å². The Morgan fingerprint density at radius 2 is 2.47 bits per heavy atom. The number of ether oxygens (including phenoxy) is 1. The van der Waals surface area contributed by atoms with Crippen LogP contribution < -0.4 is 5.32 Å². The zero-order chi connectivity index (χ0) is 10.9. The summed E-state index contributed by atoms with van der Waals surface area (Å²) >= 11 is 3.42. The van der Waals surface area contributed by atoms with E-state index in [1.54, 1.807) is 6.20 Å². The molecule has 0 bridgehead atoms. The topological polar surface area (TPSA) is 47.0 Å². The second kappa shape index (κ2) is 4.06. The van der Waals surface area contributed by atoms with Crippen LogP contribution in [0.15, 0.2) is 17.0 Å². The Morgan fingerprint density at radius 1 is 1.67 bits per heavy atom. The molecule has 1 saturated heterocycles. The standard InChI is InChI=1S/C10H14BrN3O/c1-7-10(2,3-4-15-7)14-9-8(11)5-12-6-13-9/h5-7H,3-4H2,1-2H3,(H,12,13,14). The van der Waals surface area contributed by atoms with Crippen molar-refractivity contribution >= 4 is 21.7 Å². The summed E-state index contributed by atoms with van der Waals surface area (Å²) in [4.78, 5) is 8.13. The highest BCUT2D eigenvalue weighted by atomic mass is 79.9. The summed E-state index contributed by atoms with van der Waals surface area (Å²) in [6.45, 7) is 5.03. The molecule has 0 aromatic carbocycles. The van der Waals surface area contributed by atoms with E-state index < -0.39 is 0 Å². The molecule has 1 fully saturated rings. The third-order valence-corrected chi connectivity index (χ3v) is 3.54. The van der Waals surface area contributed by atoms with Gasteiger partial charge in [-0.05, 0) is 36.2 Å². The second-order valence-electron chi connectivity index (χ2n) is 4.02. The normalized spacial score (nSPS) is 30.5. The summed E-state index contributed by atoms with van der Waals surface area (Å²) in [6.07, 6.45) is 4.46. The Morgan fingerprint density at radius 3 is 3.07 bits per heavy atom. The van der Waals surface area contributed by atoms with E-state index in [9.17, 15) is 0 Å². The average Bonchev–Trinajstić information content (AvgIpc) is 2.51. The minimum absolute atomic E-state index is 0.0448. The minimum atomic E-state index is -0.0448. The van der Waals surface area contributed by atoms with Gasteiger partial charge in [0, 0.05) is 12.8 Å². The maximum Gasteiger partial charge on any atom is 0.144 e. The first-order chi connectivity index (χ1) is 7.12. The van der Waals surface area contributed by atoms with Crippen LogP contribution >= 0.6 is 15.9 Å². The minimum Gasteiger partial charge on any atom is -0.376 e. The van der Waals surface area contributed by atoms with Crippen LogP contribution in [0.2, 0.25) is 0 Å². The largest absolute Gasteiger partial charge is 0.376 e. The lowest BCUT2D eigenvalue weighted by Crippen LogP contribution is -2.41. The lowest BCUT2D eigenvalue weighted by atomic mass is 9.95. The Hall–Kier alpha value is -0.680. The molecule has 2 atom stereocenters. The summed E-state index contributed by atoms with van der Waals surface area (Å²) in [5.74, 6) is 0.824. The fourth-order valence-corrected chi connectivity index (χ4v) is 1.99. The van der Waals surface area contributed by atoms with Crippen LogP contribution in [0.1, 0.15) is 20.3 Å². The summed E-state index contributed by atoms with van der Waals surface area (Å²) in [5.41, 5.74) is -0.0448. The van der Waals surface area contributed by atoms with E-state index in [1.807, 2.05) is 0 Å². The Kier molecular flexibility index (Phi) is 2.93. The first-order valence-corrected chi connectivity index (χ1v) is 5.76. The van der Waals surface area contributed by atoms with E-state index in [-0.39, 0.29) is 11.6 Å². The van der Waals surface area contributed by atoms with Gasteiger partial charge >= 0.3 is 0 Å². The predicted octanol–water partition coefficient (Wildman–Crippen LogP) is 2.22. The van der Waals surface area contributed by atoms with Crippen molar-refractivity contribution in [1.82, 2.24) is 9.97 Å². The van der Waals surface area contributed by atoms with Gasteiger partial charge in [-0.25, -0.2) is 9.97 Å². The first kappa shape index (κ1) is 10.8. The molecule has 82 valence electrons. The smallest absolute Gasteiger partial charge is 0.144 e. The Bertz CT molecular complexity index is 360. The van der Waals surface area contributed by atoms with Crippen LogP contribution in [0.4, 0.5) is 5.82 Å². The molecule has 1 aliphatic heterocycles. The maximum atomic E-state index is 5.56. The van der Waals surface area contributed by atoms with E-state index in [0.717, 1.165) is 23.3 Å². The molecule has 1 aromatic rings. The van der Waals surface area contributed by atoms with Crippen molar-refractivity contribution < 1.29 is 4.74 Å². The number of halogens is 1. The third kappa shape index (κ3) is 2.13. The molecule has 0 saturated carbocycles. The quantitative estimate of drug-likeness (QED) is 0.896. The highest BCUT2D eigenvalue weighted by Crippen LogP contribution is 2.30. The fraction of sp³-hybridized carbons (Fsp3) is 0.600. The number of aromatic nitrogens is 2. The molecule has 2 rings (SSSR count). The number of nitrogens with one attached hydrogen (secondary N) is 1. The lowest BCUT2D eigenvalue weighted by molar-refractivity contribution is 0.105. The second-order valence-corrected chi connectivity index (χ2v) is 4.88. The van der Waals surface area contributed by atoms with Crippen molar-refractivity contribution in [2.24, 2.45) is 0 Å². The van der Waals surface area contributed by atoms with Gasteiger partial charge in [0.05, 0.1) is 16.1 Å². The van der Waals surface area contributed by atoms with Crippen LogP contribution in [0.3, 0.4) is 0 Å². The number of hydrogen-bond acceptors (Lipinski definition) is 4. The van der Waals surface area contributed by atoms with Crippen molar-refractivity contribution in [3.05, 3.63) is 17.0 Å². The molecule has 5 heteroatoms. The molecule has 2 heterocycles. The molecule has 1 N–H and O–H groups in total. The SMILES string of the molecule is CC1OCCC1(C)Nc1ncncc1Br. The maximum absolute atomic E-state index is 5.56. The molecular formula is C10H14BrN3O. The fourth-order valence-electron chi connectivity index (χ4n) is 1.67. The van der Waals surface area contributed by atoms with Gasteiger partial charge in [0.15, 0.2) is 0 Å². The molecule has 4 nitrogen and oxygen atoms in total. The summed E-state index contributed by atoms with van der Waals surface area (Å²) in [7, 11) is 0. The van der Waals surface area contributed by atoms with Crippen molar-refractivity contribution in [2.45, 2.75) is 31.9 Å². The summed E-state index contributed by atoms with van der Waals surface area (Å²) < 4.78 is 6.44. The number of hydrogen-bond donors (Lipinski definition) is 1. The molecule has 2 unspecified atom stereocenters. The van der Waals surface area contributed by atoms with E-state index in [4.69, 9.17) is 4.74 Å². The molecule has 0 amide bonds. The van der Waals surface area contributed by atoms with Gasteiger partial charge in [0.25, 0.3) is 0 Å². The van der Waals surface area contributed by atoms with Crippen molar-refractivity contribution in [3.8, 4) is 0 Å². The molecule has 0 spiro atoms. The highest BCUT2D eigenvalue weighted by molar-refractivity contribution is 9.10. The predicted molar refractivity (Wildman–Crippen MR) is 61.8 cm³/mol. The number of rotatable bonds is 2. The third-order valence-electron chi connectivity index (χ3n) is 2.96. The van der Waals surface area contributed by atoms with Crippen LogP contribution in [-0.2, 0) is 4.74 Å². The molecular weight excluding hydrogens is 258 g/mol. The molecule has 0 aliphatic carbocycles. The van der Waals surface area contributed by atoms with Crippen molar-refractivity contribution in [2.75, 3.05) is 11.9 Å². The monoisotopic (exact) mass is 271 g/mol. The molecule has 1 aromatic heterocycles. The van der Waals surface area contributed by atoms with Gasteiger partial charge < -0.3 is 10.1 Å². The van der Waals surface area contributed by atoms with E-state index in [0.29, 0.717) is 0 Å². The van der Waals surface area contributed by atoms with E-state index in [2.05, 4.69) is 45.1 Å². The molecule has 0 radical (unpaired) electrons. The summed E-state index contributed by atoms with van der Waals surface area (Å²) in [6, 6.07) is 0. The first-order valence-electron chi connectivity index (χ1n) is 4.97. The lowest BCUT2D eigenvalue weighted by Gasteiger charge is -2.29. The molecule has 15 heavy (non-hydrogen) atoms.